The Morgan fingerprint density at radius 2 is 1.75 bits per heavy atom. The average Bonchev–Trinajstić information content (AvgIpc) is 2.17. The molecule has 1 unspecified atom stereocenters. The Morgan fingerprint density at radius 1 is 1.38 bits per heavy atom. The first kappa shape index (κ1) is 21.6. The summed E-state index contributed by atoms with van der Waals surface area (Å²) in [6.45, 7) is 9.60. The number of hydrogen-bond donors (Lipinski definition) is 1. The van der Waals surface area contributed by atoms with Gasteiger partial charge in [-0.1, -0.05) is 19.1 Å². The van der Waals surface area contributed by atoms with Gasteiger partial charge in [0, 0.05) is 0 Å². The van der Waals surface area contributed by atoms with Crippen LogP contribution in [0.25, 0.3) is 0 Å². The fourth-order valence-electron chi connectivity index (χ4n) is 0.439. The van der Waals surface area contributed by atoms with E-state index in [-0.39, 0.29) is 36.0 Å². The molecule has 0 amide bonds. The van der Waals surface area contributed by atoms with E-state index in [1.165, 1.54) is 6.92 Å². The number of ether oxygens (including phenoxy) is 1. The summed E-state index contributed by atoms with van der Waals surface area (Å²) < 4.78 is 34.2. The van der Waals surface area contributed by atoms with Crippen molar-refractivity contribution in [2.75, 3.05) is 13.2 Å². The topological polar surface area (TPSA) is 86.7 Å². The molecule has 5 nitrogen and oxygen atoms in total. The third kappa shape index (κ3) is 16.7. The molecule has 0 aromatic rings. The standard InChI is InChI=1S/C6H10O.C3H8O4S.Na/c1-3-5-7-6-4-2;1-2-3(4)8(5,6)7;/h3-4H,1-2,5-6H2;3-4H,2H2,1H3,(H,5,6,7);/q;;+1/p-1. The fourth-order valence-corrected chi connectivity index (χ4v) is 0.847. The average molecular weight is 260 g/mol. The smallest absolute Gasteiger partial charge is 0.746 e. The Labute approximate surface area is 119 Å². The van der Waals surface area contributed by atoms with E-state index in [2.05, 4.69) is 13.2 Å². The van der Waals surface area contributed by atoms with Crippen LogP contribution in [0.3, 0.4) is 0 Å². The monoisotopic (exact) mass is 260 g/mol. The van der Waals surface area contributed by atoms with E-state index in [1.807, 2.05) is 0 Å². The van der Waals surface area contributed by atoms with Gasteiger partial charge in [0.1, 0.15) is 15.6 Å². The van der Waals surface area contributed by atoms with Crippen molar-refractivity contribution < 1.29 is 52.4 Å². The first-order valence-electron chi connectivity index (χ1n) is 4.32. The summed E-state index contributed by atoms with van der Waals surface area (Å²) in [6, 6.07) is 0. The summed E-state index contributed by atoms with van der Waals surface area (Å²) in [5, 5.41) is 8.29. The number of hydrogen-bond acceptors (Lipinski definition) is 5. The van der Waals surface area contributed by atoms with Crippen LogP contribution >= 0.6 is 0 Å². The minimum Gasteiger partial charge on any atom is -0.746 e. The maximum absolute atomic E-state index is 9.76. The van der Waals surface area contributed by atoms with Crippen molar-refractivity contribution in [3.63, 3.8) is 0 Å². The van der Waals surface area contributed by atoms with Crippen LogP contribution in [0.4, 0.5) is 0 Å². The molecular weight excluding hydrogens is 243 g/mol. The predicted octanol–water partition coefficient (Wildman–Crippen LogP) is -2.36. The molecule has 0 aromatic heterocycles. The summed E-state index contributed by atoms with van der Waals surface area (Å²) >= 11 is 0. The maximum Gasteiger partial charge on any atom is 1.00 e. The molecule has 0 rings (SSSR count). The van der Waals surface area contributed by atoms with Crippen molar-refractivity contribution in [3.05, 3.63) is 25.3 Å². The third-order valence-corrected chi connectivity index (χ3v) is 2.15. The number of aliphatic hydroxyl groups excluding tert-OH is 1. The van der Waals surface area contributed by atoms with Gasteiger partial charge in [-0.2, -0.15) is 0 Å². The molecule has 1 N–H and O–H groups in total. The molecule has 0 aliphatic rings. The van der Waals surface area contributed by atoms with Gasteiger partial charge in [0.05, 0.1) is 13.2 Å². The van der Waals surface area contributed by atoms with Gasteiger partial charge in [0.2, 0.25) is 0 Å². The molecule has 0 saturated carbocycles. The van der Waals surface area contributed by atoms with Gasteiger partial charge in [0.25, 0.3) is 0 Å². The quantitative estimate of drug-likeness (QED) is 0.250. The van der Waals surface area contributed by atoms with Gasteiger partial charge in [-0.15, -0.1) is 13.2 Å². The van der Waals surface area contributed by atoms with Crippen LogP contribution < -0.4 is 29.6 Å². The molecular formula is C9H17NaO5S. The predicted molar refractivity (Wildman–Crippen MR) is 57.2 cm³/mol. The Bertz CT molecular complexity index is 255. The molecule has 16 heavy (non-hydrogen) atoms. The second-order valence-electron chi connectivity index (χ2n) is 2.47. The van der Waals surface area contributed by atoms with Crippen LogP contribution in [0.5, 0.6) is 0 Å². The van der Waals surface area contributed by atoms with Crippen molar-refractivity contribution in [2.45, 2.75) is 18.8 Å². The second kappa shape index (κ2) is 13.4. The molecule has 0 spiro atoms. The van der Waals surface area contributed by atoms with Gasteiger partial charge >= 0.3 is 29.6 Å². The maximum atomic E-state index is 9.76. The van der Waals surface area contributed by atoms with Gasteiger partial charge in [-0.3, -0.25) is 0 Å². The minimum atomic E-state index is -4.45. The van der Waals surface area contributed by atoms with Crippen molar-refractivity contribution in [1.82, 2.24) is 0 Å². The largest absolute Gasteiger partial charge is 1.00 e. The van der Waals surface area contributed by atoms with E-state index < -0.39 is 15.6 Å². The van der Waals surface area contributed by atoms with Gasteiger partial charge in [-0.05, 0) is 6.42 Å². The number of rotatable bonds is 6. The normalized spacial score (nSPS) is 11.4. The van der Waals surface area contributed by atoms with Crippen LogP contribution in [-0.2, 0) is 14.9 Å². The summed E-state index contributed by atoms with van der Waals surface area (Å²) in [4.78, 5) is 0. The van der Waals surface area contributed by atoms with Gasteiger partial charge in [0.15, 0.2) is 0 Å². The van der Waals surface area contributed by atoms with E-state index in [0.29, 0.717) is 13.2 Å². The molecule has 0 aliphatic heterocycles. The Hall–Kier alpha value is 0.310. The summed E-state index contributed by atoms with van der Waals surface area (Å²) in [5.41, 5.74) is -1.73. The van der Waals surface area contributed by atoms with Crippen molar-refractivity contribution in [2.24, 2.45) is 0 Å². The molecule has 90 valence electrons. The van der Waals surface area contributed by atoms with E-state index >= 15 is 0 Å². The molecule has 0 bridgehead atoms. The van der Waals surface area contributed by atoms with E-state index in [9.17, 15) is 13.0 Å². The Kier molecular flexibility index (Phi) is 18.0. The molecule has 1 atom stereocenters. The van der Waals surface area contributed by atoms with E-state index in [4.69, 9.17) is 9.84 Å². The molecule has 7 heteroatoms. The van der Waals surface area contributed by atoms with Crippen LogP contribution in [0.15, 0.2) is 25.3 Å². The van der Waals surface area contributed by atoms with Crippen LogP contribution in [-0.4, -0.2) is 36.7 Å². The molecule has 0 aromatic carbocycles. The zero-order chi connectivity index (χ0) is 12.3. The number of aliphatic hydroxyl groups is 1. The third-order valence-electron chi connectivity index (χ3n) is 1.15. The first-order chi connectivity index (χ1) is 6.90. The van der Waals surface area contributed by atoms with Crippen molar-refractivity contribution in [1.29, 1.82) is 0 Å². The Balaban J connectivity index is -0.000000200. The summed E-state index contributed by atoms with van der Waals surface area (Å²) in [6.07, 6.45) is 3.37. The van der Waals surface area contributed by atoms with Crippen molar-refractivity contribution >= 4 is 10.1 Å². The summed E-state index contributed by atoms with van der Waals surface area (Å²) in [7, 11) is -4.45. The van der Waals surface area contributed by atoms with Gasteiger partial charge < -0.3 is 14.4 Å². The minimum absolute atomic E-state index is 0. The first-order valence-corrected chi connectivity index (χ1v) is 5.79. The molecule has 0 heterocycles. The van der Waals surface area contributed by atoms with Gasteiger partial charge in [-0.25, -0.2) is 8.42 Å². The summed E-state index contributed by atoms with van der Waals surface area (Å²) in [5.74, 6) is 0. The van der Waals surface area contributed by atoms with E-state index in [1.54, 1.807) is 12.2 Å². The second-order valence-corrected chi connectivity index (χ2v) is 4.00. The van der Waals surface area contributed by atoms with Crippen LogP contribution in [0.1, 0.15) is 13.3 Å². The zero-order valence-electron chi connectivity index (χ0n) is 9.76. The van der Waals surface area contributed by atoms with Crippen LogP contribution in [0, 0.1) is 0 Å². The molecule has 0 radical (unpaired) electrons. The van der Waals surface area contributed by atoms with Crippen molar-refractivity contribution in [3.8, 4) is 0 Å². The zero-order valence-corrected chi connectivity index (χ0v) is 12.6. The SMILES string of the molecule is C=CCOCC=C.CCC(O)S(=O)(=O)[O-].[Na+]. The fraction of sp³-hybridized carbons (Fsp3) is 0.556. The van der Waals surface area contributed by atoms with E-state index in [0.717, 1.165) is 0 Å². The molecule has 0 fully saturated rings. The Morgan fingerprint density at radius 3 is 1.88 bits per heavy atom. The molecule has 0 saturated heterocycles. The molecule has 0 aliphatic carbocycles. The van der Waals surface area contributed by atoms with Crippen LogP contribution in [0.2, 0.25) is 0 Å².